The second kappa shape index (κ2) is 7.27. The molecule has 4 rings (SSSR count). The van der Waals surface area contributed by atoms with Crippen molar-refractivity contribution in [1.82, 2.24) is 19.5 Å². The predicted octanol–water partition coefficient (Wildman–Crippen LogP) is 2.11. The largest absolute Gasteiger partial charge is 0.459 e. The molecule has 8 nitrogen and oxygen atoms in total. The first-order valence-electron chi connectivity index (χ1n) is 10.1. The van der Waals surface area contributed by atoms with Crippen molar-refractivity contribution in [2.24, 2.45) is 5.92 Å². The monoisotopic (exact) mass is 410 g/mol. The molecule has 30 heavy (non-hydrogen) atoms. The number of esters is 1. The van der Waals surface area contributed by atoms with Crippen LogP contribution in [0.2, 0.25) is 0 Å². The Morgan fingerprint density at radius 2 is 2.03 bits per heavy atom. The van der Waals surface area contributed by atoms with E-state index in [0.29, 0.717) is 12.1 Å². The number of rotatable bonds is 5. The maximum Gasteiger partial charge on any atom is 0.350 e. The zero-order valence-corrected chi connectivity index (χ0v) is 17.7. The number of cyclic esters (lactones) is 1. The standard InChI is InChI=1S/C22H26N4O4/c1-13-5-6-15-10-14(2)19-24-25(21(29)26(19)17(15)9-13)8-7-23-18(27)11-16-12-22(3,4)30-20(16)28/h5-6,9-10,16H,7-8,11-12H2,1-4H3,(H,23,27)/t16-/m0/s1. The number of carbonyl (C=O) groups is 2. The van der Waals surface area contributed by atoms with Gasteiger partial charge in [0.1, 0.15) is 5.60 Å². The number of amides is 1. The fourth-order valence-corrected chi connectivity index (χ4v) is 4.12. The quantitative estimate of drug-likeness (QED) is 0.650. The van der Waals surface area contributed by atoms with Crippen LogP contribution in [-0.2, 0) is 20.9 Å². The first-order valence-corrected chi connectivity index (χ1v) is 10.1. The van der Waals surface area contributed by atoms with Gasteiger partial charge in [-0.1, -0.05) is 12.1 Å². The summed E-state index contributed by atoms with van der Waals surface area (Å²) in [6.45, 7) is 8.09. The Morgan fingerprint density at radius 3 is 2.73 bits per heavy atom. The second-order valence-electron chi connectivity index (χ2n) is 8.69. The van der Waals surface area contributed by atoms with Crippen LogP contribution >= 0.6 is 0 Å². The number of aromatic nitrogens is 3. The van der Waals surface area contributed by atoms with E-state index in [1.54, 1.807) is 4.40 Å². The van der Waals surface area contributed by atoms with Gasteiger partial charge in [-0.15, -0.1) is 5.10 Å². The molecule has 158 valence electrons. The zero-order chi connectivity index (χ0) is 21.6. The average molecular weight is 410 g/mol. The summed E-state index contributed by atoms with van der Waals surface area (Å²) in [6.07, 6.45) is 0.613. The molecule has 0 aliphatic carbocycles. The minimum atomic E-state index is -0.523. The molecule has 1 aromatic carbocycles. The topological polar surface area (TPSA) is 94.7 Å². The Bertz CT molecular complexity index is 1220. The third kappa shape index (κ3) is 3.69. The molecule has 1 N–H and O–H groups in total. The molecule has 3 aromatic rings. The lowest BCUT2D eigenvalue weighted by atomic mass is 9.95. The summed E-state index contributed by atoms with van der Waals surface area (Å²) in [5.41, 5.74) is 2.64. The van der Waals surface area contributed by atoms with Gasteiger partial charge in [-0.05, 0) is 56.3 Å². The number of pyridine rings is 1. The van der Waals surface area contributed by atoms with Crippen LogP contribution < -0.4 is 11.0 Å². The lowest BCUT2D eigenvalue weighted by molar-refractivity contribution is -0.149. The third-order valence-electron chi connectivity index (χ3n) is 5.52. The summed E-state index contributed by atoms with van der Waals surface area (Å²) in [5, 5.41) is 8.23. The molecular formula is C22H26N4O4. The Labute approximate surface area is 173 Å². The zero-order valence-electron chi connectivity index (χ0n) is 17.7. The van der Waals surface area contributed by atoms with Crippen molar-refractivity contribution in [1.29, 1.82) is 0 Å². The summed E-state index contributed by atoms with van der Waals surface area (Å²) in [6, 6.07) is 8.00. The highest BCUT2D eigenvalue weighted by Crippen LogP contribution is 2.32. The minimum Gasteiger partial charge on any atom is -0.459 e. The second-order valence-corrected chi connectivity index (χ2v) is 8.69. The van der Waals surface area contributed by atoms with Crippen LogP contribution in [0.4, 0.5) is 0 Å². The fraction of sp³-hybridized carbons (Fsp3) is 0.455. The summed E-state index contributed by atoms with van der Waals surface area (Å²) < 4.78 is 8.26. The van der Waals surface area contributed by atoms with Gasteiger partial charge in [0.15, 0.2) is 5.65 Å². The highest BCUT2D eigenvalue weighted by atomic mass is 16.6. The molecule has 0 spiro atoms. The first kappa shape index (κ1) is 20.1. The van der Waals surface area contributed by atoms with E-state index < -0.39 is 11.5 Å². The number of hydrogen-bond acceptors (Lipinski definition) is 5. The molecular weight excluding hydrogens is 384 g/mol. The van der Waals surface area contributed by atoms with Crippen molar-refractivity contribution in [2.45, 2.75) is 52.7 Å². The molecule has 1 aliphatic rings. The molecule has 0 radical (unpaired) electrons. The van der Waals surface area contributed by atoms with E-state index in [4.69, 9.17) is 4.74 Å². The van der Waals surface area contributed by atoms with Crippen LogP contribution in [-0.4, -0.2) is 38.2 Å². The van der Waals surface area contributed by atoms with Gasteiger partial charge in [0, 0.05) is 19.4 Å². The molecule has 1 fully saturated rings. The number of nitrogens with one attached hydrogen (secondary N) is 1. The van der Waals surface area contributed by atoms with Crippen LogP contribution in [0.3, 0.4) is 0 Å². The van der Waals surface area contributed by atoms with E-state index >= 15 is 0 Å². The molecule has 0 saturated carbocycles. The SMILES string of the molecule is Cc1ccc2cc(C)c3nn(CCNC(=O)C[C@H]4CC(C)(C)OC4=O)c(=O)n3c2c1. The molecule has 2 aromatic heterocycles. The number of ether oxygens (including phenoxy) is 1. The highest BCUT2D eigenvalue weighted by Gasteiger charge is 2.40. The van der Waals surface area contributed by atoms with E-state index in [9.17, 15) is 14.4 Å². The minimum absolute atomic E-state index is 0.0886. The van der Waals surface area contributed by atoms with Gasteiger partial charge >= 0.3 is 11.7 Å². The van der Waals surface area contributed by atoms with E-state index in [1.165, 1.54) is 4.68 Å². The Morgan fingerprint density at radius 1 is 1.27 bits per heavy atom. The highest BCUT2D eigenvalue weighted by molar-refractivity contribution is 5.85. The van der Waals surface area contributed by atoms with Gasteiger partial charge < -0.3 is 10.1 Å². The van der Waals surface area contributed by atoms with Crippen molar-refractivity contribution < 1.29 is 14.3 Å². The molecule has 8 heteroatoms. The van der Waals surface area contributed by atoms with E-state index in [0.717, 1.165) is 22.0 Å². The van der Waals surface area contributed by atoms with Crippen molar-refractivity contribution in [3.8, 4) is 0 Å². The van der Waals surface area contributed by atoms with Crippen molar-refractivity contribution in [3.63, 3.8) is 0 Å². The molecule has 0 unspecified atom stereocenters. The Kier molecular flexibility index (Phi) is 4.88. The normalized spacial score (nSPS) is 18.1. The molecule has 0 bridgehead atoms. The van der Waals surface area contributed by atoms with Crippen LogP contribution in [0.5, 0.6) is 0 Å². The van der Waals surface area contributed by atoms with E-state index in [-0.39, 0.29) is 37.1 Å². The number of aryl methyl sites for hydroxylation is 2. The summed E-state index contributed by atoms with van der Waals surface area (Å²) in [4.78, 5) is 37.1. The third-order valence-corrected chi connectivity index (χ3v) is 5.52. The number of carbonyl (C=O) groups excluding carboxylic acids is 2. The lowest BCUT2D eigenvalue weighted by Crippen LogP contribution is -2.32. The van der Waals surface area contributed by atoms with Gasteiger partial charge in [0.2, 0.25) is 5.91 Å². The molecule has 1 aliphatic heterocycles. The van der Waals surface area contributed by atoms with Gasteiger partial charge in [0.25, 0.3) is 0 Å². The van der Waals surface area contributed by atoms with Crippen LogP contribution in [0.25, 0.3) is 16.6 Å². The molecule has 1 saturated heterocycles. The number of nitrogens with zero attached hydrogens (tertiary/aromatic N) is 3. The summed E-state index contributed by atoms with van der Waals surface area (Å²) in [5.74, 6) is -0.983. The predicted molar refractivity (Wildman–Crippen MR) is 112 cm³/mol. The maximum atomic E-state index is 13.0. The lowest BCUT2D eigenvalue weighted by Gasteiger charge is -2.14. The fourth-order valence-electron chi connectivity index (χ4n) is 4.12. The maximum absolute atomic E-state index is 13.0. The first-order chi connectivity index (χ1) is 14.1. The molecule has 1 amide bonds. The number of benzene rings is 1. The summed E-state index contributed by atoms with van der Waals surface area (Å²) >= 11 is 0. The van der Waals surface area contributed by atoms with Gasteiger partial charge in [-0.25, -0.2) is 13.9 Å². The van der Waals surface area contributed by atoms with Crippen molar-refractivity contribution >= 4 is 28.4 Å². The summed E-state index contributed by atoms with van der Waals surface area (Å²) in [7, 11) is 0. The van der Waals surface area contributed by atoms with Gasteiger partial charge in [0.05, 0.1) is 18.0 Å². The van der Waals surface area contributed by atoms with Gasteiger partial charge in [-0.3, -0.25) is 9.59 Å². The van der Waals surface area contributed by atoms with Crippen molar-refractivity contribution in [3.05, 3.63) is 45.9 Å². The number of hydrogen-bond donors (Lipinski definition) is 1. The van der Waals surface area contributed by atoms with Crippen LogP contribution in [0, 0.1) is 19.8 Å². The van der Waals surface area contributed by atoms with E-state index in [2.05, 4.69) is 10.4 Å². The smallest absolute Gasteiger partial charge is 0.350 e. The van der Waals surface area contributed by atoms with Crippen LogP contribution in [0.1, 0.15) is 37.8 Å². The van der Waals surface area contributed by atoms with E-state index in [1.807, 2.05) is 52.0 Å². The average Bonchev–Trinajstić information content (AvgIpc) is 3.12. The van der Waals surface area contributed by atoms with Gasteiger partial charge in [-0.2, -0.15) is 0 Å². The molecule has 1 atom stereocenters. The van der Waals surface area contributed by atoms with Crippen molar-refractivity contribution in [2.75, 3.05) is 6.54 Å². The number of fused-ring (bicyclic) bond motifs is 3. The molecule has 3 heterocycles. The van der Waals surface area contributed by atoms with Crippen LogP contribution in [0.15, 0.2) is 29.1 Å². The Hall–Kier alpha value is -3.16. The Balaban J connectivity index is 1.48.